The molecular weight excluding hydrogens is 274 g/mol. The molecule has 1 N–H and O–H groups in total. The number of benzene rings is 1. The van der Waals surface area contributed by atoms with E-state index in [0.717, 1.165) is 50.6 Å². The average Bonchev–Trinajstić information content (AvgIpc) is 2.54. The van der Waals surface area contributed by atoms with E-state index in [1.807, 2.05) is 0 Å². The van der Waals surface area contributed by atoms with Crippen molar-refractivity contribution in [3.8, 4) is 5.75 Å². The van der Waals surface area contributed by atoms with Gasteiger partial charge in [0.1, 0.15) is 0 Å². The molecule has 0 bridgehead atoms. The third-order valence-corrected chi connectivity index (χ3v) is 4.39. The Labute approximate surface area is 136 Å². The third-order valence-electron chi connectivity index (χ3n) is 4.39. The van der Waals surface area contributed by atoms with Crippen molar-refractivity contribution in [2.24, 2.45) is 0 Å². The first-order valence-electron chi connectivity index (χ1n) is 8.69. The van der Waals surface area contributed by atoms with Crippen LogP contribution in [-0.2, 0) is 0 Å². The normalized spacial score (nSPS) is 10.6. The molecule has 0 radical (unpaired) electrons. The highest BCUT2D eigenvalue weighted by Crippen LogP contribution is 2.41. The molecule has 0 aliphatic heterocycles. The summed E-state index contributed by atoms with van der Waals surface area (Å²) in [5, 5.41) is 10.8. The largest absolute Gasteiger partial charge is 0.504 e. The van der Waals surface area contributed by atoms with Gasteiger partial charge in [-0.2, -0.15) is 0 Å². The summed E-state index contributed by atoms with van der Waals surface area (Å²) in [5.74, 6) is 0.406. The lowest BCUT2D eigenvalue weighted by Crippen LogP contribution is -2.27. The van der Waals surface area contributed by atoms with Crippen LogP contribution in [0.15, 0.2) is 12.1 Å². The number of phenolic OH excluding ortho intramolecular Hbond substituents is 1. The highest BCUT2D eigenvalue weighted by Gasteiger charge is 2.18. The first-order chi connectivity index (χ1) is 10.6. The molecule has 22 heavy (non-hydrogen) atoms. The van der Waals surface area contributed by atoms with E-state index in [2.05, 4.69) is 68.4 Å². The van der Waals surface area contributed by atoms with Gasteiger partial charge >= 0.3 is 0 Å². The van der Waals surface area contributed by atoms with Gasteiger partial charge in [-0.05, 0) is 53.7 Å². The summed E-state index contributed by atoms with van der Waals surface area (Å²) in [6.45, 7) is 18.4. The second-order valence-electron chi connectivity index (χ2n) is 5.35. The van der Waals surface area contributed by atoms with Gasteiger partial charge in [-0.25, -0.2) is 0 Å². The second-order valence-corrected chi connectivity index (χ2v) is 5.35. The number of hydrogen-bond donors (Lipinski definition) is 1. The summed E-state index contributed by atoms with van der Waals surface area (Å²) in [6.07, 6.45) is 0. The summed E-state index contributed by atoms with van der Waals surface area (Å²) in [6, 6.07) is 4.25. The zero-order chi connectivity index (χ0) is 16.7. The number of anilines is 3. The van der Waals surface area contributed by atoms with E-state index < -0.39 is 0 Å². The fourth-order valence-electron chi connectivity index (χ4n) is 2.97. The number of rotatable bonds is 9. The molecule has 0 aliphatic rings. The van der Waals surface area contributed by atoms with Crippen LogP contribution in [0.3, 0.4) is 0 Å². The second kappa shape index (κ2) is 8.76. The van der Waals surface area contributed by atoms with E-state index in [1.54, 1.807) is 0 Å². The Morgan fingerprint density at radius 3 is 1.23 bits per heavy atom. The van der Waals surface area contributed by atoms with Crippen molar-refractivity contribution < 1.29 is 5.11 Å². The smallest absolute Gasteiger partial charge is 0.162 e. The molecule has 0 fully saturated rings. The molecule has 1 rings (SSSR count). The molecule has 1 aromatic rings. The molecule has 0 amide bonds. The number of aromatic hydroxyl groups is 1. The molecule has 0 heterocycles. The molecule has 0 atom stereocenters. The lowest BCUT2D eigenvalue weighted by molar-refractivity contribution is 0.473. The predicted octanol–water partition coefficient (Wildman–Crippen LogP) is 3.93. The minimum absolute atomic E-state index is 0.406. The highest BCUT2D eigenvalue weighted by molar-refractivity contribution is 5.79. The maximum atomic E-state index is 10.8. The van der Waals surface area contributed by atoms with Gasteiger partial charge in [-0.15, -0.1) is 0 Å². The summed E-state index contributed by atoms with van der Waals surface area (Å²) in [5.41, 5.74) is 3.07. The van der Waals surface area contributed by atoms with Crippen LogP contribution >= 0.6 is 0 Å². The zero-order valence-electron chi connectivity index (χ0n) is 15.2. The van der Waals surface area contributed by atoms with Crippen molar-refractivity contribution in [2.75, 3.05) is 54.0 Å². The molecule has 1 aromatic carbocycles. The monoisotopic (exact) mass is 307 g/mol. The van der Waals surface area contributed by atoms with Gasteiger partial charge < -0.3 is 19.8 Å². The van der Waals surface area contributed by atoms with Crippen LogP contribution in [0.4, 0.5) is 17.1 Å². The van der Waals surface area contributed by atoms with E-state index >= 15 is 0 Å². The SMILES string of the molecule is CCN(CC)c1cc(N(CC)CC)c(O)c(N(CC)CC)c1. The molecule has 126 valence electrons. The molecule has 0 aliphatic carbocycles. The molecule has 4 heteroatoms. The standard InChI is InChI=1S/C18H33N3O/c1-7-19(8-2)15-13-16(20(9-3)10-4)18(22)17(14-15)21(11-5)12-6/h13-14,22H,7-12H2,1-6H3. The van der Waals surface area contributed by atoms with Crippen LogP contribution in [-0.4, -0.2) is 44.4 Å². The van der Waals surface area contributed by atoms with Crippen LogP contribution in [0.1, 0.15) is 41.5 Å². The number of hydrogen-bond acceptors (Lipinski definition) is 4. The fraction of sp³-hybridized carbons (Fsp3) is 0.667. The molecule has 0 saturated heterocycles. The Bertz CT molecular complexity index is 417. The van der Waals surface area contributed by atoms with Gasteiger partial charge in [-0.1, -0.05) is 0 Å². The van der Waals surface area contributed by atoms with Gasteiger partial charge in [0.25, 0.3) is 0 Å². The minimum atomic E-state index is 0.406. The van der Waals surface area contributed by atoms with E-state index in [9.17, 15) is 5.11 Å². The summed E-state index contributed by atoms with van der Waals surface area (Å²) in [7, 11) is 0. The Balaban J connectivity index is 3.48. The highest BCUT2D eigenvalue weighted by atomic mass is 16.3. The van der Waals surface area contributed by atoms with Crippen LogP contribution in [0, 0.1) is 0 Å². The van der Waals surface area contributed by atoms with Crippen molar-refractivity contribution in [2.45, 2.75) is 41.5 Å². The van der Waals surface area contributed by atoms with E-state index in [0.29, 0.717) is 5.75 Å². The third kappa shape index (κ3) is 3.79. The number of phenols is 1. The lowest BCUT2D eigenvalue weighted by Gasteiger charge is -2.31. The van der Waals surface area contributed by atoms with Crippen LogP contribution < -0.4 is 14.7 Å². The molecule has 0 aromatic heterocycles. The van der Waals surface area contributed by atoms with Crippen molar-refractivity contribution >= 4 is 17.1 Å². The summed E-state index contributed by atoms with van der Waals surface area (Å²) >= 11 is 0. The molecule has 4 nitrogen and oxygen atoms in total. The fourth-order valence-corrected chi connectivity index (χ4v) is 2.97. The van der Waals surface area contributed by atoms with Crippen molar-refractivity contribution in [3.05, 3.63) is 12.1 Å². The Morgan fingerprint density at radius 2 is 0.955 bits per heavy atom. The van der Waals surface area contributed by atoms with E-state index in [1.165, 1.54) is 5.69 Å². The van der Waals surface area contributed by atoms with Gasteiger partial charge in [0.15, 0.2) is 5.75 Å². The van der Waals surface area contributed by atoms with E-state index in [4.69, 9.17) is 0 Å². The summed E-state index contributed by atoms with van der Waals surface area (Å²) < 4.78 is 0. The van der Waals surface area contributed by atoms with Gasteiger partial charge in [0.05, 0.1) is 11.4 Å². The zero-order valence-corrected chi connectivity index (χ0v) is 15.2. The van der Waals surface area contributed by atoms with Crippen molar-refractivity contribution in [3.63, 3.8) is 0 Å². The number of nitrogens with zero attached hydrogens (tertiary/aromatic N) is 3. The van der Waals surface area contributed by atoms with E-state index in [-0.39, 0.29) is 0 Å². The van der Waals surface area contributed by atoms with Gasteiger partial charge in [0, 0.05) is 45.0 Å². The Kier molecular flexibility index (Phi) is 7.36. The molecule has 0 saturated carbocycles. The topological polar surface area (TPSA) is 30.0 Å². The molecule has 0 unspecified atom stereocenters. The van der Waals surface area contributed by atoms with Crippen molar-refractivity contribution in [1.82, 2.24) is 0 Å². The predicted molar refractivity (Wildman–Crippen MR) is 98.8 cm³/mol. The van der Waals surface area contributed by atoms with Crippen LogP contribution in [0.2, 0.25) is 0 Å². The van der Waals surface area contributed by atoms with Crippen LogP contribution in [0.5, 0.6) is 5.75 Å². The molecule has 0 spiro atoms. The maximum absolute atomic E-state index is 10.8. The van der Waals surface area contributed by atoms with Gasteiger partial charge in [0.2, 0.25) is 0 Å². The first-order valence-corrected chi connectivity index (χ1v) is 8.69. The Hall–Kier alpha value is -1.58. The lowest BCUT2D eigenvalue weighted by atomic mass is 10.1. The van der Waals surface area contributed by atoms with Crippen LogP contribution in [0.25, 0.3) is 0 Å². The summed E-state index contributed by atoms with van der Waals surface area (Å²) in [4.78, 5) is 6.77. The molecular formula is C18H33N3O. The Morgan fingerprint density at radius 1 is 0.636 bits per heavy atom. The van der Waals surface area contributed by atoms with Crippen molar-refractivity contribution in [1.29, 1.82) is 0 Å². The minimum Gasteiger partial charge on any atom is -0.504 e. The quantitative estimate of drug-likeness (QED) is 0.748. The maximum Gasteiger partial charge on any atom is 0.162 e. The van der Waals surface area contributed by atoms with Gasteiger partial charge in [-0.3, -0.25) is 0 Å². The average molecular weight is 307 g/mol. The first kappa shape index (κ1) is 18.5.